The van der Waals surface area contributed by atoms with Gasteiger partial charge in [0, 0.05) is 19.5 Å². The summed E-state index contributed by atoms with van der Waals surface area (Å²) in [6, 6.07) is 16.0. The predicted octanol–water partition coefficient (Wildman–Crippen LogP) is 2.03. The Labute approximate surface area is 158 Å². The molecular weight excluding hydrogens is 342 g/mol. The molecule has 2 atom stereocenters. The average molecular weight is 365 g/mol. The van der Waals surface area contributed by atoms with E-state index in [9.17, 15) is 9.59 Å². The number of methoxy groups -OCH3 is 1. The molecule has 6 heteroatoms. The van der Waals surface area contributed by atoms with Crippen LogP contribution in [0, 0.1) is 0 Å². The molecule has 2 fully saturated rings. The normalized spacial score (nSPS) is 21.7. The molecule has 4 rings (SSSR count). The average Bonchev–Trinajstić information content (AvgIpc) is 3.24. The number of fused-ring (bicyclic) bond motifs is 2. The molecule has 0 unspecified atom stereocenters. The Balaban J connectivity index is 1.62. The number of rotatable bonds is 6. The van der Waals surface area contributed by atoms with Gasteiger partial charge < -0.3 is 15.4 Å². The van der Waals surface area contributed by atoms with E-state index < -0.39 is 0 Å². The molecule has 0 spiro atoms. The lowest BCUT2D eigenvalue weighted by Crippen LogP contribution is -2.51. The number of carbonyl (C=O) groups is 2. The Morgan fingerprint density at radius 3 is 2.63 bits per heavy atom. The third kappa shape index (κ3) is 3.17. The Bertz CT molecular complexity index is 868. The standard InChI is InChI=1S/C21H23N3O3/c1-27-19-8-7-15(14-5-3-2-4-6-14)11-17(19)24-16-12-18(21(24)26)23(13-16)10-9-20(22)25/h2-8,11,16,18H,9-10,12-13H2,1H3,(H2,22,25)/t16-,18-/m0/s1. The van der Waals surface area contributed by atoms with Gasteiger partial charge in [0.25, 0.3) is 0 Å². The monoisotopic (exact) mass is 365 g/mol. The van der Waals surface area contributed by atoms with Gasteiger partial charge in [-0.2, -0.15) is 0 Å². The summed E-state index contributed by atoms with van der Waals surface area (Å²) in [4.78, 5) is 28.1. The topological polar surface area (TPSA) is 75.9 Å². The van der Waals surface area contributed by atoms with Crippen molar-refractivity contribution in [1.29, 1.82) is 0 Å². The van der Waals surface area contributed by atoms with Crippen molar-refractivity contribution in [2.24, 2.45) is 5.73 Å². The molecule has 2 N–H and O–H groups in total. The highest BCUT2D eigenvalue weighted by molar-refractivity contribution is 6.03. The van der Waals surface area contributed by atoms with E-state index in [0.717, 1.165) is 29.8 Å². The van der Waals surface area contributed by atoms with Crippen LogP contribution in [-0.4, -0.2) is 49.0 Å². The zero-order chi connectivity index (χ0) is 19.0. The number of nitrogens with two attached hydrogens (primary N) is 1. The van der Waals surface area contributed by atoms with E-state index in [2.05, 4.69) is 17.0 Å². The second kappa shape index (κ2) is 7.04. The Morgan fingerprint density at radius 2 is 1.96 bits per heavy atom. The minimum atomic E-state index is -0.334. The van der Waals surface area contributed by atoms with Gasteiger partial charge in [0.15, 0.2) is 0 Å². The lowest BCUT2D eigenvalue weighted by molar-refractivity contribution is -0.124. The lowest BCUT2D eigenvalue weighted by atomic mass is 10.0. The van der Waals surface area contributed by atoms with Crippen LogP contribution >= 0.6 is 0 Å². The van der Waals surface area contributed by atoms with E-state index >= 15 is 0 Å². The molecule has 2 aromatic carbocycles. The predicted molar refractivity (Wildman–Crippen MR) is 103 cm³/mol. The summed E-state index contributed by atoms with van der Waals surface area (Å²) >= 11 is 0. The van der Waals surface area contributed by atoms with Gasteiger partial charge in [-0.1, -0.05) is 36.4 Å². The molecule has 2 heterocycles. The number of anilines is 1. The molecule has 0 aliphatic carbocycles. The zero-order valence-corrected chi connectivity index (χ0v) is 15.3. The van der Waals surface area contributed by atoms with Crippen LogP contribution in [0.4, 0.5) is 5.69 Å². The van der Waals surface area contributed by atoms with Gasteiger partial charge in [-0.05, 0) is 29.7 Å². The highest BCUT2D eigenvalue weighted by Gasteiger charge is 2.50. The number of hydrogen-bond acceptors (Lipinski definition) is 4. The molecule has 2 amide bonds. The number of amides is 2. The summed E-state index contributed by atoms with van der Waals surface area (Å²) in [6.45, 7) is 1.29. The van der Waals surface area contributed by atoms with Crippen molar-refractivity contribution in [1.82, 2.24) is 4.90 Å². The van der Waals surface area contributed by atoms with Crippen molar-refractivity contribution in [3.63, 3.8) is 0 Å². The Hall–Kier alpha value is -2.86. The molecule has 2 aliphatic rings. The second-order valence-electron chi connectivity index (χ2n) is 7.08. The minimum Gasteiger partial charge on any atom is -0.495 e. The second-order valence-corrected chi connectivity index (χ2v) is 7.08. The van der Waals surface area contributed by atoms with Gasteiger partial charge in [-0.3, -0.25) is 14.5 Å². The van der Waals surface area contributed by atoms with Crippen molar-refractivity contribution in [2.45, 2.75) is 24.9 Å². The first-order chi connectivity index (χ1) is 13.1. The smallest absolute Gasteiger partial charge is 0.244 e. The van der Waals surface area contributed by atoms with Crippen LogP contribution in [0.1, 0.15) is 12.8 Å². The van der Waals surface area contributed by atoms with E-state index in [-0.39, 0.29) is 30.3 Å². The van der Waals surface area contributed by atoms with Crippen LogP contribution in [0.15, 0.2) is 48.5 Å². The van der Waals surface area contributed by atoms with Crippen molar-refractivity contribution in [3.05, 3.63) is 48.5 Å². The largest absolute Gasteiger partial charge is 0.495 e. The van der Waals surface area contributed by atoms with Crippen LogP contribution in [0.5, 0.6) is 5.75 Å². The fourth-order valence-corrected chi connectivity index (χ4v) is 4.17. The third-order valence-corrected chi connectivity index (χ3v) is 5.46. The molecule has 140 valence electrons. The molecule has 2 aromatic rings. The summed E-state index contributed by atoms with van der Waals surface area (Å²) < 4.78 is 5.54. The Kier molecular flexibility index (Phi) is 4.58. The van der Waals surface area contributed by atoms with Gasteiger partial charge in [0.05, 0.1) is 24.9 Å². The zero-order valence-electron chi connectivity index (χ0n) is 15.3. The summed E-state index contributed by atoms with van der Waals surface area (Å²) in [7, 11) is 1.62. The first kappa shape index (κ1) is 17.5. The first-order valence-corrected chi connectivity index (χ1v) is 9.17. The van der Waals surface area contributed by atoms with Crippen LogP contribution in [-0.2, 0) is 9.59 Å². The molecule has 0 aromatic heterocycles. The summed E-state index contributed by atoms with van der Waals surface area (Å²) in [5.74, 6) is 0.429. The highest BCUT2D eigenvalue weighted by Crippen LogP contribution is 2.41. The van der Waals surface area contributed by atoms with Gasteiger partial charge >= 0.3 is 0 Å². The number of piperazine rings is 1. The molecule has 2 saturated heterocycles. The van der Waals surface area contributed by atoms with Crippen LogP contribution in [0.3, 0.4) is 0 Å². The minimum absolute atomic E-state index is 0.0687. The van der Waals surface area contributed by atoms with Crippen molar-refractivity contribution < 1.29 is 14.3 Å². The fourth-order valence-electron chi connectivity index (χ4n) is 4.17. The van der Waals surface area contributed by atoms with E-state index in [1.807, 2.05) is 41.3 Å². The number of nitrogens with zero attached hydrogens (tertiary/aromatic N) is 2. The van der Waals surface area contributed by atoms with Crippen molar-refractivity contribution >= 4 is 17.5 Å². The summed E-state index contributed by atoms with van der Waals surface area (Å²) in [5.41, 5.74) is 8.21. The van der Waals surface area contributed by atoms with Crippen molar-refractivity contribution in [2.75, 3.05) is 25.1 Å². The maximum Gasteiger partial charge on any atom is 0.244 e. The number of likely N-dealkylation sites (tertiary alicyclic amines) is 1. The number of ether oxygens (including phenoxy) is 1. The summed E-state index contributed by atoms with van der Waals surface area (Å²) in [5, 5.41) is 0. The fraction of sp³-hybridized carbons (Fsp3) is 0.333. The number of hydrogen-bond donors (Lipinski definition) is 1. The van der Waals surface area contributed by atoms with Crippen LogP contribution < -0.4 is 15.4 Å². The van der Waals surface area contributed by atoms with E-state index in [0.29, 0.717) is 12.3 Å². The number of carbonyl (C=O) groups excluding carboxylic acids is 2. The van der Waals surface area contributed by atoms with E-state index in [1.54, 1.807) is 7.11 Å². The first-order valence-electron chi connectivity index (χ1n) is 9.17. The van der Waals surface area contributed by atoms with Gasteiger partial charge in [-0.15, -0.1) is 0 Å². The van der Waals surface area contributed by atoms with Crippen molar-refractivity contribution in [3.8, 4) is 16.9 Å². The number of benzene rings is 2. The van der Waals surface area contributed by atoms with Crippen LogP contribution in [0.25, 0.3) is 11.1 Å². The van der Waals surface area contributed by atoms with Gasteiger partial charge in [0.2, 0.25) is 11.8 Å². The summed E-state index contributed by atoms with van der Waals surface area (Å²) in [6.07, 6.45) is 1.06. The molecule has 0 radical (unpaired) electrons. The van der Waals surface area contributed by atoms with E-state index in [4.69, 9.17) is 10.5 Å². The maximum atomic E-state index is 13.1. The molecule has 27 heavy (non-hydrogen) atoms. The molecule has 2 aliphatic heterocycles. The maximum absolute atomic E-state index is 13.1. The van der Waals surface area contributed by atoms with Gasteiger partial charge in [0.1, 0.15) is 5.75 Å². The molecule has 0 saturated carbocycles. The Morgan fingerprint density at radius 1 is 1.19 bits per heavy atom. The molecular formula is C21H23N3O3. The molecule has 2 bridgehead atoms. The van der Waals surface area contributed by atoms with Gasteiger partial charge in [-0.25, -0.2) is 0 Å². The lowest BCUT2D eigenvalue weighted by Gasteiger charge is -2.34. The highest BCUT2D eigenvalue weighted by atomic mass is 16.5. The van der Waals surface area contributed by atoms with Crippen LogP contribution in [0.2, 0.25) is 0 Å². The SMILES string of the molecule is COc1ccc(-c2ccccc2)cc1N1C(=O)[C@@H]2C[C@H]1CN2CCC(N)=O. The number of primary amides is 1. The van der Waals surface area contributed by atoms with E-state index in [1.165, 1.54) is 0 Å². The molecule has 6 nitrogen and oxygen atoms in total. The third-order valence-electron chi connectivity index (χ3n) is 5.46. The quantitative estimate of drug-likeness (QED) is 0.850.